The fraction of sp³-hybridized carbons (Fsp3) is 0.233. The Morgan fingerprint density at radius 1 is 0.974 bits per heavy atom. The maximum atomic E-state index is 13.2. The highest BCUT2D eigenvalue weighted by molar-refractivity contribution is 6.37. The molecule has 0 saturated carbocycles. The summed E-state index contributed by atoms with van der Waals surface area (Å²) in [6.07, 6.45) is 0. The van der Waals surface area contributed by atoms with Crippen LogP contribution in [0.15, 0.2) is 72.8 Å². The van der Waals surface area contributed by atoms with Crippen LogP contribution in [0.2, 0.25) is 0 Å². The van der Waals surface area contributed by atoms with Crippen molar-refractivity contribution < 1.29 is 19.1 Å². The summed E-state index contributed by atoms with van der Waals surface area (Å²) in [5.74, 6) is -0.703. The molecule has 0 unspecified atom stereocenters. The Bertz CT molecular complexity index is 1410. The number of carbonyl (C=O) groups is 3. The van der Waals surface area contributed by atoms with E-state index in [9.17, 15) is 14.4 Å². The maximum absolute atomic E-state index is 13.2. The quantitative estimate of drug-likeness (QED) is 0.321. The molecule has 3 N–H and O–H groups in total. The molecule has 1 saturated heterocycles. The van der Waals surface area contributed by atoms with Gasteiger partial charge in [0.15, 0.2) is 0 Å². The normalized spacial score (nSPS) is 16.2. The Morgan fingerprint density at radius 3 is 2.38 bits per heavy atom. The predicted molar refractivity (Wildman–Crippen MR) is 152 cm³/mol. The van der Waals surface area contributed by atoms with Gasteiger partial charge >= 0.3 is 5.97 Å². The summed E-state index contributed by atoms with van der Waals surface area (Å²) >= 11 is 0. The van der Waals surface area contributed by atoms with Gasteiger partial charge in [0.25, 0.3) is 5.91 Å². The van der Waals surface area contributed by atoms with E-state index in [4.69, 9.17) is 4.74 Å². The van der Waals surface area contributed by atoms with Crippen LogP contribution in [0.3, 0.4) is 0 Å². The van der Waals surface area contributed by atoms with E-state index < -0.39 is 5.97 Å². The number of ether oxygens (including phenoxy) is 1. The van der Waals surface area contributed by atoms with Crippen molar-refractivity contribution in [1.29, 1.82) is 0 Å². The standard InChI is InChI=1S/C30H31N5O4/c1-34(26(36)19-35-16-14-31-15-17-35)23-11-9-22(10-12-23)32-28(20-6-4-3-5-7-20)27-24-13-8-21(30(38)39-2)18-25(24)33-29(27)37/h3-13,18,31-32H,14-17,19H2,1-2H3,(H,33,37)/b28-27-. The number of fused-ring (bicyclic) bond motifs is 1. The largest absolute Gasteiger partial charge is 0.465 e. The van der Waals surface area contributed by atoms with Crippen molar-refractivity contribution in [3.8, 4) is 0 Å². The number of nitrogens with zero attached hydrogens (tertiary/aromatic N) is 2. The summed E-state index contributed by atoms with van der Waals surface area (Å²) in [5, 5.41) is 9.60. The fourth-order valence-electron chi connectivity index (χ4n) is 4.77. The molecule has 3 aromatic rings. The van der Waals surface area contributed by atoms with Gasteiger partial charge in [-0.3, -0.25) is 14.5 Å². The lowest BCUT2D eigenvalue weighted by Crippen LogP contribution is -2.47. The Labute approximate surface area is 227 Å². The molecular formula is C30H31N5O4. The molecule has 1 fully saturated rings. The van der Waals surface area contributed by atoms with E-state index in [-0.39, 0.29) is 11.8 Å². The van der Waals surface area contributed by atoms with Crippen LogP contribution in [-0.2, 0) is 14.3 Å². The molecule has 0 aliphatic carbocycles. The average molecular weight is 526 g/mol. The fourth-order valence-corrected chi connectivity index (χ4v) is 4.77. The van der Waals surface area contributed by atoms with Gasteiger partial charge in [-0.25, -0.2) is 4.79 Å². The van der Waals surface area contributed by atoms with E-state index in [1.807, 2.05) is 54.6 Å². The van der Waals surface area contributed by atoms with Crippen LogP contribution in [0.5, 0.6) is 0 Å². The lowest BCUT2D eigenvalue weighted by Gasteiger charge is -2.28. The molecule has 0 aromatic heterocycles. The molecule has 39 heavy (non-hydrogen) atoms. The Hall–Kier alpha value is -4.47. The molecule has 5 rings (SSSR count). The summed E-state index contributed by atoms with van der Waals surface area (Å²) in [6.45, 7) is 3.89. The molecule has 3 aromatic carbocycles. The first-order chi connectivity index (χ1) is 18.9. The molecule has 2 aliphatic rings. The van der Waals surface area contributed by atoms with Crippen LogP contribution in [0.1, 0.15) is 21.5 Å². The third-order valence-electron chi connectivity index (χ3n) is 6.96. The van der Waals surface area contributed by atoms with Crippen molar-refractivity contribution in [1.82, 2.24) is 10.2 Å². The van der Waals surface area contributed by atoms with Crippen LogP contribution in [0.25, 0.3) is 11.3 Å². The molecule has 9 heteroatoms. The number of benzene rings is 3. The van der Waals surface area contributed by atoms with E-state index in [0.717, 1.165) is 43.1 Å². The van der Waals surface area contributed by atoms with Gasteiger partial charge in [0, 0.05) is 50.2 Å². The van der Waals surface area contributed by atoms with Gasteiger partial charge < -0.3 is 25.6 Å². The number of hydrogen-bond acceptors (Lipinski definition) is 7. The monoisotopic (exact) mass is 525 g/mol. The number of piperazine rings is 1. The third-order valence-corrected chi connectivity index (χ3v) is 6.96. The highest BCUT2D eigenvalue weighted by Crippen LogP contribution is 2.38. The first kappa shape index (κ1) is 26.1. The Kier molecular flexibility index (Phi) is 7.72. The molecule has 2 amide bonds. The number of carbonyl (C=O) groups excluding carboxylic acids is 3. The minimum atomic E-state index is -0.470. The summed E-state index contributed by atoms with van der Waals surface area (Å²) in [7, 11) is 3.11. The lowest BCUT2D eigenvalue weighted by molar-refractivity contribution is -0.119. The van der Waals surface area contributed by atoms with Crippen molar-refractivity contribution in [2.45, 2.75) is 0 Å². The van der Waals surface area contributed by atoms with Gasteiger partial charge in [0.1, 0.15) is 0 Å². The number of amides is 2. The number of hydrogen-bond donors (Lipinski definition) is 3. The van der Waals surface area contributed by atoms with Crippen molar-refractivity contribution in [2.24, 2.45) is 0 Å². The van der Waals surface area contributed by atoms with Crippen LogP contribution < -0.4 is 20.9 Å². The van der Waals surface area contributed by atoms with Gasteiger partial charge in [0.2, 0.25) is 5.91 Å². The number of methoxy groups -OCH3 is 1. The van der Waals surface area contributed by atoms with E-state index >= 15 is 0 Å². The zero-order chi connectivity index (χ0) is 27.4. The van der Waals surface area contributed by atoms with Gasteiger partial charge in [-0.2, -0.15) is 0 Å². The average Bonchev–Trinajstić information content (AvgIpc) is 3.31. The summed E-state index contributed by atoms with van der Waals surface area (Å²) in [6, 6.07) is 22.2. The first-order valence-corrected chi connectivity index (χ1v) is 12.8. The van der Waals surface area contributed by atoms with Crippen molar-refractivity contribution >= 4 is 46.1 Å². The molecule has 0 bridgehead atoms. The second kappa shape index (κ2) is 11.5. The molecular weight excluding hydrogens is 494 g/mol. The smallest absolute Gasteiger partial charge is 0.337 e. The number of anilines is 3. The predicted octanol–water partition coefficient (Wildman–Crippen LogP) is 3.27. The number of likely N-dealkylation sites (N-methyl/N-ethyl adjacent to an activating group) is 1. The van der Waals surface area contributed by atoms with Gasteiger partial charge in [0.05, 0.1) is 36.2 Å². The maximum Gasteiger partial charge on any atom is 0.337 e. The zero-order valence-electron chi connectivity index (χ0n) is 22.0. The molecule has 0 atom stereocenters. The minimum absolute atomic E-state index is 0.0373. The Morgan fingerprint density at radius 2 is 1.69 bits per heavy atom. The third kappa shape index (κ3) is 5.69. The lowest BCUT2D eigenvalue weighted by atomic mass is 9.99. The molecule has 2 aliphatic heterocycles. The summed E-state index contributed by atoms with van der Waals surface area (Å²) < 4.78 is 4.82. The molecule has 0 radical (unpaired) electrons. The molecule has 2 heterocycles. The minimum Gasteiger partial charge on any atom is -0.465 e. The van der Waals surface area contributed by atoms with E-state index in [1.54, 1.807) is 30.1 Å². The van der Waals surface area contributed by atoms with Crippen LogP contribution in [0.4, 0.5) is 17.1 Å². The van der Waals surface area contributed by atoms with Crippen molar-refractivity contribution in [2.75, 3.05) is 62.4 Å². The second-order valence-electron chi connectivity index (χ2n) is 9.47. The van der Waals surface area contributed by atoms with Crippen LogP contribution >= 0.6 is 0 Å². The number of rotatable bonds is 7. The highest BCUT2D eigenvalue weighted by atomic mass is 16.5. The molecule has 0 spiro atoms. The highest BCUT2D eigenvalue weighted by Gasteiger charge is 2.29. The molecule has 200 valence electrons. The first-order valence-electron chi connectivity index (χ1n) is 12.8. The van der Waals surface area contributed by atoms with E-state index in [0.29, 0.717) is 34.6 Å². The number of nitrogens with one attached hydrogen (secondary N) is 3. The Balaban J connectivity index is 1.42. The van der Waals surface area contributed by atoms with E-state index in [2.05, 4.69) is 20.9 Å². The van der Waals surface area contributed by atoms with Crippen LogP contribution in [-0.4, -0.2) is 69.6 Å². The summed E-state index contributed by atoms with van der Waals surface area (Å²) in [4.78, 5) is 41.9. The topological polar surface area (TPSA) is 103 Å². The number of esters is 1. The van der Waals surface area contributed by atoms with Gasteiger partial charge in [-0.1, -0.05) is 36.4 Å². The van der Waals surface area contributed by atoms with Crippen molar-refractivity contribution in [3.05, 3.63) is 89.5 Å². The van der Waals surface area contributed by atoms with E-state index in [1.165, 1.54) is 7.11 Å². The van der Waals surface area contributed by atoms with Gasteiger partial charge in [-0.15, -0.1) is 0 Å². The van der Waals surface area contributed by atoms with Crippen LogP contribution in [0, 0.1) is 0 Å². The zero-order valence-corrected chi connectivity index (χ0v) is 22.0. The van der Waals surface area contributed by atoms with Gasteiger partial charge in [-0.05, 0) is 42.0 Å². The SMILES string of the molecule is COC(=O)c1ccc2c(c1)NC(=O)/C2=C(\Nc1ccc(N(C)C(=O)CN2CCNCC2)cc1)c1ccccc1. The van der Waals surface area contributed by atoms with Crippen molar-refractivity contribution in [3.63, 3.8) is 0 Å². The molecule has 9 nitrogen and oxygen atoms in total. The summed E-state index contributed by atoms with van der Waals surface area (Å²) in [5.41, 5.74) is 5.09. The second-order valence-corrected chi connectivity index (χ2v) is 9.47.